The summed E-state index contributed by atoms with van der Waals surface area (Å²) in [4.78, 5) is 0. The van der Waals surface area contributed by atoms with Crippen molar-refractivity contribution in [3.8, 4) is 5.75 Å². The number of benzene rings is 1. The molecule has 3 atom stereocenters. The zero-order valence-electron chi connectivity index (χ0n) is 10.9. The molecule has 0 fully saturated rings. The van der Waals surface area contributed by atoms with Gasteiger partial charge >= 0.3 is 0 Å². The molecule has 4 heteroatoms. The Morgan fingerprint density at radius 1 is 1.56 bits per heavy atom. The number of nitrogens with two attached hydrogens (primary N) is 1. The predicted molar refractivity (Wildman–Crippen MR) is 76.2 cm³/mol. The Bertz CT molecular complexity index is 411. The molecule has 3 nitrogen and oxygen atoms in total. The molecule has 100 valence electrons. The van der Waals surface area contributed by atoms with Crippen LogP contribution in [0.5, 0.6) is 5.75 Å². The van der Waals surface area contributed by atoms with E-state index in [2.05, 4.69) is 19.1 Å². The Morgan fingerprint density at radius 3 is 3.00 bits per heavy atom. The van der Waals surface area contributed by atoms with E-state index in [9.17, 15) is 0 Å². The van der Waals surface area contributed by atoms with Crippen molar-refractivity contribution in [2.45, 2.75) is 36.3 Å². The third-order valence-corrected chi connectivity index (χ3v) is 4.99. The van der Waals surface area contributed by atoms with E-state index in [0.717, 1.165) is 18.6 Å². The fraction of sp³-hybridized carbons (Fsp3) is 0.571. The van der Waals surface area contributed by atoms with Crippen LogP contribution in [0.4, 0.5) is 0 Å². The Morgan fingerprint density at radius 2 is 2.33 bits per heavy atom. The minimum Gasteiger partial charge on any atom is -0.497 e. The predicted octanol–water partition coefficient (Wildman–Crippen LogP) is 2.12. The normalized spacial score (nSPS) is 23.8. The molecule has 18 heavy (non-hydrogen) atoms. The number of rotatable bonds is 5. The molecule has 2 rings (SSSR count). The van der Waals surface area contributed by atoms with Crippen LogP contribution in [0.25, 0.3) is 0 Å². The van der Waals surface area contributed by atoms with Gasteiger partial charge in [-0.2, -0.15) is 11.8 Å². The number of fused-ring (bicyclic) bond motifs is 1. The summed E-state index contributed by atoms with van der Waals surface area (Å²) in [6.07, 6.45) is 1.84. The third-order valence-electron chi connectivity index (χ3n) is 3.48. The van der Waals surface area contributed by atoms with Crippen molar-refractivity contribution in [3.05, 3.63) is 29.3 Å². The summed E-state index contributed by atoms with van der Waals surface area (Å²) in [7, 11) is 1.68. The molecule has 0 aromatic heterocycles. The standard InChI is InChI=1S/C14H21NO2S/c1-9(5-6-16)18-13-7-10-3-4-11(17-2)8-12(10)14(13)15/h3-4,8-9,13-14,16H,5-7,15H2,1-2H3. The maximum Gasteiger partial charge on any atom is 0.119 e. The van der Waals surface area contributed by atoms with E-state index in [1.807, 2.05) is 17.8 Å². The average Bonchev–Trinajstić information content (AvgIpc) is 2.66. The molecular formula is C14H21NO2S. The van der Waals surface area contributed by atoms with Crippen LogP contribution in [0.15, 0.2) is 18.2 Å². The smallest absolute Gasteiger partial charge is 0.119 e. The molecule has 1 aliphatic rings. The van der Waals surface area contributed by atoms with Gasteiger partial charge in [-0.1, -0.05) is 13.0 Å². The summed E-state index contributed by atoms with van der Waals surface area (Å²) in [5, 5.41) is 9.81. The van der Waals surface area contributed by atoms with E-state index in [4.69, 9.17) is 15.6 Å². The van der Waals surface area contributed by atoms with Crippen molar-refractivity contribution in [2.75, 3.05) is 13.7 Å². The summed E-state index contributed by atoms with van der Waals surface area (Å²) < 4.78 is 5.25. The maximum atomic E-state index is 8.96. The van der Waals surface area contributed by atoms with Crippen LogP contribution < -0.4 is 10.5 Å². The molecule has 3 N–H and O–H groups in total. The number of methoxy groups -OCH3 is 1. The first-order valence-corrected chi connectivity index (χ1v) is 7.28. The van der Waals surface area contributed by atoms with Crippen LogP contribution in [0, 0.1) is 0 Å². The van der Waals surface area contributed by atoms with Gasteiger partial charge in [0.05, 0.1) is 7.11 Å². The molecule has 0 spiro atoms. The summed E-state index contributed by atoms with van der Waals surface area (Å²) in [6.45, 7) is 2.40. The minimum absolute atomic E-state index is 0.0706. The van der Waals surface area contributed by atoms with Gasteiger partial charge in [0.25, 0.3) is 0 Å². The van der Waals surface area contributed by atoms with Gasteiger partial charge in [-0.25, -0.2) is 0 Å². The maximum absolute atomic E-state index is 8.96. The van der Waals surface area contributed by atoms with E-state index in [0.29, 0.717) is 10.5 Å². The fourth-order valence-corrected chi connectivity index (χ4v) is 3.85. The lowest BCUT2D eigenvalue weighted by Crippen LogP contribution is -2.21. The molecular weight excluding hydrogens is 246 g/mol. The molecule has 3 unspecified atom stereocenters. The van der Waals surface area contributed by atoms with E-state index >= 15 is 0 Å². The highest BCUT2D eigenvalue weighted by Gasteiger charge is 2.31. The second-order valence-corrected chi connectivity index (χ2v) is 6.47. The number of aliphatic hydroxyl groups is 1. The van der Waals surface area contributed by atoms with Crippen LogP contribution in [0.1, 0.15) is 30.5 Å². The fourth-order valence-electron chi connectivity index (χ4n) is 2.42. The Kier molecular flexibility index (Phi) is 4.54. The SMILES string of the molecule is COc1ccc2c(c1)C(N)C(SC(C)CCO)C2. The van der Waals surface area contributed by atoms with E-state index in [1.165, 1.54) is 11.1 Å². The van der Waals surface area contributed by atoms with E-state index in [1.54, 1.807) is 7.11 Å². The number of ether oxygens (including phenoxy) is 1. The van der Waals surface area contributed by atoms with Gasteiger partial charge in [-0.05, 0) is 36.1 Å². The van der Waals surface area contributed by atoms with Crippen molar-refractivity contribution >= 4 is 11.8 Å². The van der Waals surface area contributed by atoms with Crippen molar-refractivity contribution in [2.24, 2.45) is 5.73 Å². The van der Waals surface area contributed by atoms with E-state index in [-0.39, 0.29) is 12.6 Å². The molecule has 0 saturated heterocycles. The molecule has 0 bridgehead atoms. The van der Waals surface area contributed by atoms with Crippen molar-refractivity contribution in [1.29, 1.82) is 0 Å². The van der Waals surface area contributed by atoms with Crippen LogP contribution in [-0.4, -0.2) is 29.3 Å². The van der Waals surface area contributed by atoms with Crippen LogP contribution >= 0.6 is 11.8 Å². The van der Waals surface area contributed by atoms with Gasteiger partial charge in [0.2, 0.25) is 0 Å². The van der Waals surface area contributed by atoms with Crippen molar-refractivity contribution in [3.63, 3.8) is 0 Å². The molecule has 1 aromatic rings. The molecule has 0 amide bonds. The monoisotopic (exact) mass is 267 g/mol. The second-order valence-electron chi connectivity index (χ2n) is 4.79. The van der Waals surface area contributed by atoms with Crippen molar-refractivity contribution in [1.82, 2.24) is 0 Å². The third kappa shape index (κ3) is 2.82. The summed E-state index contributed by atoms with van der Waals surface area (Å²) in [6, 6.07) is 6.24. The summed E-state index contributed by atoms with van der Waals surface area (Å²) in [5.41, 5.74) is 8.86. The molecule has 0 heterocycles. The van der Waals surface area contributed by atoms with Crippen LogP contribution in [-0.2, 0) is 6.42 Å². The highest BCUT2D eigenvalue weighted by molar-refractivity contribution is 8.00. The number of hydrogen-bond donors (Lipinski definition) is 2. The van der Waals surface area contributed by atoms with Gasteiger partial charge in [0, 0.05) is 23.1 Å². The average molecular weight is 267 g/mol. The Hall–Kier alpha value is -0.710. The first kappa shape index (κ1) is 13.7. The lowest BCUT2D eigenvalue weighted by Gasteiger charge is -2.19. The topological polar surface area (TPSA) is 55.5 Å². The van der Waals surface area contributed by atoms with Gasteiger partial charge in [0.15, 0.2) is 0 Å². The van der Waals surface area contributed by atoms with Gasteiger partial charge < -0.3 is 15.6 Å². The Balaban J connectivity index is 2.07. The first-order chi connectivity index (χ1) is 8.65. The molecule has 0 aliphatic heterocycles. The number of thioether (sulfide) groups is 1. The Labute approximate surface area is 113 Å². The minimum atomic E-state index is 0.0706. The zero-order valence-corrected chi connectivity index (χ0v) is 11.7. The molecule has 1 aromatic carbocycles. The van der Waals surface area contributed by atoms with E-state index < -0.39 is 0 Å². The highest BCUT2D eigenvalue weighted by Crippen LogP contribution is 2.40. The quantitative estimate of drug-likeness (QED) is 0.858. The molecule has 0 radical (unpaired) electrons. The largest absolute Gasteiger partial charge is 0.497 e. The second kappa shape index (κ2) is 5.95. The lowest BCUT2D eigenvalue weighted by atomic mass is 10.1. The van der Waals surface area contributed by atoms with Gasteiger partial charge in [0.1, 0.15) is 5.75 Å². The van der Waals surface area contributed by atoms with Gasteiger partial charge in [-0.15, -0.1) is 0 Å². The highest BCUT2D eigenvalue weighted by atomic mass is 32.2. The summed E-state index contributed by atoms with van der Waals surface area (Å²) >= 11 is 1.88. The molecule has 1 aliphatic carbocycles. The van der Waals surface area contributed by atoms with Crippen LogP contribution in [0.3, 0.4) is 0 Å². The summed E-state index contributed by atoms with van der Waals surface area (Å²) in [5.74, 6) is 0.873. The molecule has 0 saturated carbocycles. The van der Waals surface area contributed by atoms with Crippen LogP contribution in [0.2, 0.25) is 0 Å². The lowest BCUT2D eigenvalue weighted by molar-refractivity contribution is 0.288. The van der Waals surface area contributed by atoms with Gasteiger partial charge in [-0.3, -0.25) is 0 Å². The number of aliphatic hydroxyl groups excluding tert-OH is 1. The zero-order chi connectivity index (χ0) is 13.1. The first-order valence-electron chi connectivity index (χ1n) is 6.34. The number of hydrogen-bond acceptors (Lipinski definition) is 4. The van der Waals surface area contributed by atoms with Crippen molar-refractivity contribution < 1.29 is 9.84 Å².